The molecule has 0 aromatic carbocycles. The van der Waals surface area contributed by atoms with E-state index in [-0.39, 0.29) is 5.91 Å². The van der Waals surface area contributed by atoms with E-state index < -0.39 is 0 Å². The van der Waals surface area contributed by atoms with Crippen LogP contribution in [0.1, 0.15) is 35.9 Å². The number of fused-ring (bicyclic) bond motifs is 1. The van der Waals surface area contributed by atoms with Gasteiger partial charge < -0.3 is 9.64 Å². The molecule has 0 aliphatic heterocycles. The van der Waals surface area contributed by atoms with Gasteiger partial charge in [-0.25, -0.2) is 4.98 Å². The van der Waals surface area contributed by atoms with Gasteiger partial charge >= 0.3 is 0 Å². The van der Waals surface area contributed by atoms with Crippen molar-refractivity contribution in [2.75, 3.05) is 20.7 Å². The topological polar surface area (TPSA) is 46.8 Å². The van der Waals surface area contributed by atoms with E-state index >= 15 is 0 Å². The Morgan fingerprint density at radius 1 is 1.50 bits per heavy atom. The summed E-state index contributed by atoms with van der Waals surface area (Å²) in [5.74, 6) is 0.669. The normalized spacial score (nSPS) is 10.8. The summed E-state index contributed by atoms with van der Waals surface area (Å²) < 4.78 is 7.10. The molecule has 0 N–H and O–H groups in total. The number of hydrogen-bond donors (Lipinski definition) is 0. The highest BCUT2D eigenvalue weighted by molar-refractivity contribution is 5.94. The maximum absolute atomic E-state index is 12.6. The summed E-state index contributed by atoms with van der Waals surface area (Å²) in [5.41, 5.74) is 2.01. The van der Waals surface area contributed by atoms with Gasteiger partial charge in [0.25, 0.3) is 5.91 Å². The summed E-state index contributed by atoms with van der Waals surface area (Å²) in [7, 11) is 3.44. The number of carbonyl (C=O) groups is 1. The molecule has 2 rings (SSSR count). The van der Waals surface area contributed by atoms with E-state index in [9.17, 15) is 4.79 Å². The molecule has 108 valence electrons. The van der Waals surface area contributed by atoms with Crippen molar-refractivity contribution in [1.82, 2.24) is 14.3 Å². The first-order valence-electron chi connectivity index (χ1n) is 6.87. The maximum atomic E-state index is 12.6. The largest absolute Gasteiger partial charge is 0.493 e. The SMILES string of the molecule is CCCCN(C)C(=O)c1c(C)nc2c(OC)cccn12. The highest BCUT2D eigenvalue weighted by Gasteiger charge is 2.21. The van der Waals surface area contributed by atoms with Crippen LogP contribution >= 0.6 is 0 Å². The third kappa shape index (κ3) is 2.48. The number of hydrogen-bond acceptors (Lipinski definition) is 3. The number of aryl methyl sites for hydroxylation is 1. The van der Waals surface area contributed by atoms with Crippen molar-refractivity contribution in [3.05, 3.63) is 29.7 Å². The van der Waals surface area contributed by atoms with E-state index in [1.54, 1.807) is 16.4 Å². The quantitative estimate of drug-likeness (QED) is 0.842. The lowest BCUT2D eigenvalue weighted by Gasteiger charge is -2.16. The highest BCUT2D eigenvalue weighted by Crippen LogP contribution is 2.22. The molecular weight excluding hydrogens is 254 g/mol. The van der Waals surface area contributed by atoms with Gasteiger partial charge in [0.05, 0.1) is 12.8 Å². The number of methoxy groups -OCH3 is 1. The zero-order valence-electron chi connectivity index (χ0n) is 12.5. The monoisotopic (exact) mass is 275 g/mol. The van der Waals surface area contributed by atoms with E-state index in [0.29, 0.717) is 17.1 Å². The minimum atomic E-state index is -0.00305. The summed E-state index contributed by atoms with van der Waals surface area (Å²) in [6, 6.07) is 3.70. The van der Waals surface area contributed by atoms with Gasteiger partial charge in [-0.05, 0) is 25.5 Å². The second-order valence-corrected chi connectivity index (χ2v) is 4.90. The molecule has 0 bridgehead atoms. The van der Waals surface area contributed by atoms with Gasteiger partial charge in [0.2, 0.25) is 0 Å². The third-order valence-electron chi connectivity index (χ3n) is 3.40. The predicted molar refractivity (Wildman–Crippen MR) is 78.3 cm³/mol. The van der Waals surface area contributed by atoms with Crippen LogP contribution in [-0.2, 0) is 0 Å². The molecule has 2 aromatic rings. The number of rotatable bonds is 5. The van der Waals surface area contributed by atoms with Crippen LogP contribution in [0.25, 0.3) is 5.65 Å². The molecule has 0 atom stereocenters. The fourth-order valence-electron chi connectivity index (χ4n) is 2.25. The smallest absolute Gasteiger partial charge is 0.272 e. The second-order valence-electron chi connectivity index (χ2n) is 4.90. The number of amides is 1. The number of aromatic nitrogens is 2. The van der Waals surface area contributed by atoms with Crippen molar-refractivity contribution in [3.8, 4) is 5.75 Å². The number of carbonyl (C=O) groups excluding carboxylic acids is 1. The van der Waals surface area contributed by atoms with Gasteiger partial charge in [0.15, 0.2) is 11.4 Å². The molecule has 0 saturated carbocycles. The third-order valence-corrected chi connectivity index (χ3v) is 3.40. The van der Waals surface area contributed by atoms with Crippen molar-refractivity contribution in [3.63, 3.8) is 0 Å². The van der Waals surface area contributed by atoms with Crippen molar-refractivity contribution >= 4 is 11.6 Å². The summed E-state index contributed by atoms with van der Waals surface area (Å²) in [5, 5.41) is 0. The summed E-state index contributed by atoms with van der Waals surface area (Å²) in [4.78, 5) is 18.8. The van der Waals surface area contributed by atoms with E-state index in [1.165, 1.54) is 0 Å². The first-order chi connectivity index (χ1) is 9.60. The van der Waals surface area contributed by atoms with Crippen LogP contribution < -0.4 is 4.74 Å². The number of nitrogens with zero attached hydrogens (tertiary/aromatic N) is 3. The van der Waals surface area contributed by atoms with Gasteiger partial charge in [-0.15, -0.1) is 0 Å². The number of imidazole rings is 1. The standard InChI is InChI=1S/C15H21N3O2/c1-5-6-9-17(3)15(19)13-11(2)16-14-12(20-4)8-7-10-18(13)14/h7-8,10H,5-6,9H2,1-4H3. The predicted octanol–water partition coefficient (Wildman–Crippen LogP) is 2.52. The maximum Gasteiger partial charge on any atom is 0.272 e. The number of pyridine rings is 1. The van der Waals surface area contributed by atoms with Crippen LogP contribution in [0.2, 0.25) is 0 Å². The van der Waals surface area contributed by atoms with Crippen LogP contribution in [0.4, 0.5) is 0 Å². The molecule has 0 unspecified atom stereocenters. The molecule has 0 saturated heterocycles. The lowest BCUT2D eigenvalue weighted by atomic mass is 10.2. The van der Waals surface area contributed by atoms with Gasteiger partial charge in [0.1, 0.15) is 5.69 Å². The van der Waals surface area contributed by atoms with Crippen molar-refractivity contribution in [1.29, 1.82) is 0 Å². The van der Waals surface area contributed by atoms with Gasteiger partial charge in [-0.2, -0.15) is 0 Å². The van der Waals surface area contributed by atoms with Crippen molar-refractivity contribution in [2.45, 2.75) is 26.7 Å². The lowest BCUT2D eigenvalue weighted by molar-refractivity contribution is 0.0785. The van der Waals surface area contributed by atoms with Crippen LogP contribution in [0.3, 0.4) is 0 Å². The first-order valence-corrected chi connectivity index (χ1v) is 6.87. The Balaban J connectivity index is 2.44. The fourth-order valence-corrected chi connectivity index (χ4v) is 2.25. The van der Waals surface area contributed by atoms with Crippen LogP contribution in [0.15, 0.2) is 18.3 Å². The molecule has 0 radical (unpaired) electrons. The van der Waals surface area contributed by atoms with Crippen molar-refractivity contribution in [2.24, 2.45) is 0 Å². The van der Waals surface area contributed by atoms with E-state index in [0.717, 1.165) is 25.1 Å². The zero-order valence-corrected chi connectivity index (χ0v) is 12.5. The zero-order chi connectivity index (χ0) is 14.7. The molecule has 2 aromatic heterocycles. The van der Waals surface area contributed by atoms with Crippen LogP contribution in [0.5, 0.6) is 5.75 Å². The van der Waals surface area contributed by atoms with Crippen molar-refractivity contribution < 1.29 is 9.53 Å². The number of unbranched alkanes of at least 4 members (excludes halogenated alkanes) is 1. The van der Waals surface area contributed by atoms with E-state index in [1.807, 2.05) is 32.3 Å². The van der Waals surface area contributed by atoms with Crippen LogP contribution in [-0.4, -0.2) is 40.9 Å². The fraction of sp³-hybridized carbons (Fsp3) is 0.467. The molecule has 5 heteroatoms. The average molecular weight is 275 g/mol. The van der Waals surface area contributed by atoms with Gasteiger partial charge in [-0.3, -0.25) is 9.20 Å². The summed E-state index contributed by atoms with van der Waals surface area (Å²) in [6.45, 7) is 4.72. The minimum Gasteiger partial charge on any atom is -0.493 e. The van der Waals surface area contributed by atoms with E-state index in [4.69, 9.17) is 4.74 Å². The average Bonchev–Trinajstić information content (AvgIpc) is 2.79. The highest BCUT2D eigenvalue weighted by atomic mass is 16.5. The molecule has 0 aliphatic carbocycles. The number of ether oxygens (including phenoxy) is 1. The molecule has 0 aliphatic rings. The summed E-state index contributed by atoms with van der Waals surface area (Å²) in [6.07, 6.45) is 3.91. The minimum absolute atomic E-state index is 0.00305. The first kappa shape index (κ1) is 14.4. The van der Waals surface area contributed by atoms with Gasteiger partial charge in [-0.1, -0.05) is 13.3 Å². The molecule has 1 amide bonds. The Morgan fingerprint density at radius 3 is 2.90 bits per heavy atom. The van der Waals surface area contributed by atoms with Crippen LogP contribution in [0, 0.1) is 6.92 Å². The summed E-state index contributed by atoms with van der Waals surface area (Å²) >= 11 is 0. The second kappa shape index (κ2) is 5.94. The molecular formula is C15H21N3O2. The van der Waals surface area contributed by atoms with Gasteiger partial charge in [0, 0.05) is 19.8 Å². The molecule has 0 fully saturated rings. The Bertz CT molecular complexity index is 619. The Kier molecular flexibility index (Phi) is 4.27. The molecule has 0 spiro atoms. The molecule has 20 heavy (non-hydrogen) atoms. The Labute approximate surface area is 119 Å². The Morgan fingerprint density at radius 2 is 2.25 bits per heavy atom. The lowest BCUT2D eigenvalue weighted by Crippen LogP contribution is -2.29. The Hall–Kier alpha value is -2.04. The molecule has 5 nitrogen and oxygen atoms in total. The van der Waals surface area contributed by atoms with E-state index in [2.05, 4.69) is 11.9 Å². The molecule has 2 heterocycles.